The van der Waals surface area contributed by atoms with E-state index in [4.69, 9.17) is 4.74 Å². The van der Waals surface area contributed by atoms with E-state index in [1.807, 2.05) is 0 Å². The molecule has 1 unspecified atom stereocenters. The van der Waals surface area contributed by atoms with E-state index in [2.05, 4.69) is 27.5 Å². The third kappa shape index (κ3) is 4.17. The lowest BCUT2D eigenvalue weighted by Crippen LogP contribution is -2.32. The first-order valence-electron chi connectivity index (χ1n) is 6.75. The van der Waals surface area contributed by atoms with Crippen LogP contribution in [0.2, 0.25) is 0 Å². The molecule has 104 valence electrons. The van der Waals surface area contributed by atoms with Crippen molar-refractivity contribution in [3.05, 3.63) is 18.1 Å². The zero-order valence-electron chi connectivity index (χ0n) is 11.2. The standard InChI is InChI=1S/C13H20N4O2/c1-2-5-14-12-7-11(16-9-17-12)13(18)15-8-10-4-3-6-19-10/h7,9-10H,2-6,8H2,1H3,(H,15,18)(H,14,16,17). The second-order valence-corrected chi connectivity index (χ2v) is 4.56. The monoisotopic (exact) mass is 264 g/mol. The summed E-state index contributed by atoms with van der Waals surface area (Å²) in [5.74, 6) is 0.497. The van der Waals surface area contributed by atoms with Gasteiger partial charge >= 0.3 is 0 Å². The van der Waals surface area contributed by atoms with Crippen molar-refractivity contribution in [3.63, 3.8) is 0 Å². The predicted molar refractivity (Wildman–Crippen MR) is 72.1 cm³/mol. The van der Waals surface area contributed by atoms with E-state index in [0.717, 1.165) is 32.4 Å². The van der Waals surface area contributed by atoms with Crippen molar-refractivity contribution in [2.75, 3.05) is 25.0 Å². The highest BCUT2D eigenvalue weighted by Crippen LogP contribution is 2.11. The number of hydrogen-bond donors (Lipinski definition) is 2. The fourth-order valence-electron chi connectivity index (χ4n) is 1.93. The molecule has 2 heterocycles. The van der Waals surface area contributed by atoms with Crippen molar-refractivity contribution in [1.29, 1.82) is 0 Å². The van der Waals surface area contributed by atoms with E-state index in [-0.39, 0.29) is 12.0 Å². The molecule has 1 saturated heterocycles. The van der Waals surface area contributed by atoms with Crippen LogP contribution >= 0.6 is 0 Å². The van der Waals surface area contributed by atoms with Crippen molar-refractivity contribution in [1.82, 2.24) is 15.3 Å². The Balaban J connectivity index is 1.86. The summed E-state index contributed by atoms with van der Waals surface area (Å²) in [4.78, 5) is 20.0. The van der Waals surface area contributed by atoms with Crippen LogP contribution in [0.15, 0.2) is 12.4 Å². The second-order valence-electron chi connectivity index (χ2n) is 4.56. The van der Waals surface area contributed by atoms with Crippen LogP contribution in [0.3, 0.4) is 0 Å². The smallest absolute Gasteiger partial charge is 0.270 e. The molecule has 0 aromatic carbocycles. The van der Waals surface area contributed by atoms with Gasteiger partial charge in [0.05, 0.1) is 6.10 Å². The Labute approximate surface area is 113 Å². The van der Waals surface area contributed by atoms with Gasteiger partial charge in [0.1, 0.15) is 17.8 Å². The molecule has 1 amide bonds. The van der Waals surface area contributed by atoms with E-state index in [1.165, 1.54) is 6.33 Å². The lowest BCUT2D eigenvalue weighted by molar-refractivity contribution is 0.0853. The first kappa shape index (κ1) is 13.7. The summed E-state index contributed by atoms with van der Waals surface area (Å²) in [7, 11) is 0. The lowest BCUT2D eigenvalue weighted by Gasteiger charge is -2.10. The average Bonchev–Trinajstić information content (AvgIpc) is 2.96. The number of carbonyl (C=O) groups is 1. The van der Waals surface area contributed by atoms with Crippen LogP contribution in [-0.4, -0.2) is 41.7 Å². The number of hydrogen-bond acceptors (Lipinski definition) is 5. The van der Waals surface area contributed by atoms with Crippen molar-refractivity contribution in [2.24, 2.45) is 0 Å². The van der Waals surface area contributed by atoms with Crippen molar-refractivity contribution < 1.29 is 9.53 Å². The number of amides is 1. The quantitative estimate of drug-likeness (QED) is 0.807. The average molecular weight is 264 g/mol. The van der Waals surface area contributed by atoms with Gasteiger partial charge in [-0.3, -0.25) is 4.79 Å². The van der Waals surface area contributed by atoms with Crippen molar-refractivity contribution >= 4 is 11.7 Å². The third-order valence-corrected chi connectivity index (χ3v) is 2.97. The van der Waals surface area contributed by atoms with Gasteiger partial charge in [0.2, 0.25) is 0 Å². The van der Waals surface area contributed by atoms with Crippen molar-refractivity contribution in [3.8, 4) is 0 Å². The van der Waals surface area contributed by atoms with Gasteiger partial charge in [-0.1, -0.05) is 6.92 Å². The minimum absolute atomic E-state index is 0.142. The number of nitrogens with one attached hydrogen (secondary N) is 2. The Morgan fingerprint density at radius 1 is 1.53 bits per heavy atom. The molecule has 19 heavy (non-hydrogen) atoms. The second kappa shape index (κ2) is 7.04. The number of ether oxygens (including phenoxy) is 1. The van der Waals surface area contributed by atoms with Gasteiger partial charge in [-0.15, -0.1) is 0 Å². The van der Waals surface area contributed by atoms with E-state index in [9.17, 15) is 4.79 Å². The summed E-state index contributed by atoms with van der Waals surface area (Å²) in [6.07, 6.45) is 4.62. The molecular formula is C13H20N4O2. The zero-order chi connectivity index (χ0) is 13.5. The van der Waals surface area contributed by atoms with Gasteiger partial charge in [0.25, 0.3) is 5.91 Å². The predicted octanol–water partition coefficient (Wildman–Crippen LogP) is 1.21. The first-order chi connectivity index (χ1) is 9.29. The molecule has 0 spiro atoms. The molecule has 6 nitrogen and oxygen atoms in total. The number of carbonyl (C=O) groups excluding carboxylic acids is 1. The summed E-state index contributed by atoms with van der Waals surface area (Å²) in [6.45, 7) is 4.23. The number of rotatable bonds is 6. The van der Waals surface area contributed by atoms with Crippen LogP contribution in [0, 0.1) is 0 Å². The number of nitrogens with zero attached hydrogens (tertiary/aromatic N) is 2. The van der Waals surface area contributed by atoms with Crippen LogP contribution in [0.5, 0.6) is 0 Å². The lowest BCUT2D eigenvalue weighted by atomic mass is 10.2. The summed E-state index contributed by atoms with van der Waals surface area (Å²) in [5.41, 5.74) is 0.381. The fraction of sp³-hybridized carbons (Fsp3) is 0.615. The van der Waals surface area contributed by atoms with Gasteiger partial charge in [-0.2, -0.15) is 0 Å². The van der Waals surface area contributed by atoms with E-state index in [0.29, 0.717) is 18.1 Å². The molecule has 1 aliphatic heterocycles. The minimum Gasteiger partial charge on any atom is -0.376 e. The van der Waals surface area contributed by atoms with Gasteiger partial charge in [-0.25, -0.2) is 9.97 Å². The van der Waals surface area contributed by atoms with Gasteiger partial charge in [0, 0.05) is 25.8 Å². The van der Waals surface area contributed by atoms with E-state index in [1.54, 1.807) is 6.07 Å². The molecule has 1 fully saturated rings. The molecule has 1 aromatic rings. The molecular weight excluding hydrogens is 244 g/mol. The Bertz CT molecular complexity index is 419. The van der Waals surface area contributed by atoms with Crippen LogP contribution < -0.4 is 10.6 Å². The van der Waals surface area contributed by atoms with Crippen LogP contribution in [0.25, 0.3) is 0 Å². The molecule has 2 rings (SSSR count). The molecule has 2 N–H and O–H groups in total. The Hall–Kier alpha value is -1.69. The molecule has 0 aliphatic carbocycles. The Kier molecular flexibility index (Phi) is 5.09. The Morgan fingerprint density at radius 2 is 2.42 bits per heavy atom. The molecule has 6 heteroatoms. The molecule has 1 atom stereocenters. The van der Waals surface area contributed by atoms with Gasteiger partial charge in [-0.05, 0) is 19.3 Å². The van der Waals surface area contributed by atoms with Gasteiger partial charge in [0.15, 0.2) is 0 Å². The normalized spacial score (nSPS) is 18.3. The highest BCUT2D eigenvalue weighted by atomic mass is 16.5. The summed E-state index contributed by atoms with van der Waals surface area (Å²) >= 11 is 0. The largest absolute Gasteiger partial charge is 0.376 e. The van der Waals surface area contributed by atoms with Crippen LogP contribution in [-0.2, 0) is 4.74 Å². The molecule has 0 radical (unpaired) electrons. The van der Waals surface area contributed by atoms with Crippen LogP contribution in [0.1, 0.15) is 36.7 Å². The van der Waals surface area contributed by atoms with Crippen LogP contribution in [0.4, 0.5) is 5.82 Å². The van der Waals surface area contributed by atoms with Gasteiger partial charge < -0.3 is 15.4 Å². The highest BCUT2D eigenvalue weighted by Gasteiger charge is 2.17. The first-order valence-corrected chi connectivity index (χ1v) is 6.75. The minimum atomic E-state index is -0.183. The number of aromatic nitrogens is 2. The number of anilines is 1. The summed E-state index contributed by atoms with van der Waals surface area (Å²) in [5, 5.41) is 5.97. The SMILES string of the molecule is CCCNc1cc(C(=O)NCC2CCCO2)ncn1. The maximum atomic E-state index is 11.9. The molecule has 1 aromatic heterocycles. The van der Waals surface area contributed by atoms with E-state index >= 15 is 0 Å². The molecule has 1 aliphatic rings. The highest BCUT2D eigenvalue weighted by molar-refractivity contribution is 5.92. The van der Waals surface area contributed by atoms with Crippen molar-refractivity contribution in [2.45, 2.75) is 32.3 Å². The third-order valence-electron chi connectivity index (χ3n) is 2.97. The maximum Gasteiger partial charge on any atom is 0.270 e. The molecule has 0 saturated carbocycles. The topological polar surface area (TPSA) is 76.1 Å². The molecule has 0 bridgehead atoms. The fourth-order valence-corrected chi connectivity index (χ4v) is 1.93. The summed E-state index contributed by atoms with van der Waals surface area (Å²) in [6, 6.07) is 1.67. The van der Waals surface area contributed by atoms with E-state index < -0.39 is 0 Å². The zero-order valence-corrected chi connectivity index (χ0v) is 11.2. The summed E-state index contributed by atoms with van der Waals surface area (Å²) < 4.78 is 5.46. The Morgan fingerprint density at radius 3 is 3.16 bits per heavy atom. The maximum absolute atomic E-state index is 11.9.